The number of anilines is 2. The van der Waals surface area contributed by atoms with Gasteiger partial charge in [0.25, 0.3) is 15.6 Å². The largest absolute Gasteiger partial charge is 0.480 e. The quantitative estimate of drug-likeness (QED) is 0.302. The van der Waals surface area contributed by atoms with Gasteiger partial charge in [-0.3, -0.25) is 14.1 Å². The van der Waals surface area contributed by atoms with Gasteiger partial charge in [-0.05, 0) is 61.6 Å². The molecule has 0 spiro atoms. The standard InChI is InChI=1S/C27H27F2N5O5S/c1-30-27-32-22-9-3-15(11-20(22)26(36)34(27)18-5-7-19(35)8-6-18)16-12-23(25(39-2)31-14-16)33-40(37,38)24-10-4-17(28)13-21(24)29/h3-4,9-14,18-19,33,35H,5-8H2,1-2H3,(H,30,32). The van der Waals surface area contributed by atoms with Gasteiger partial charge < -0.3 is 15.2 Å². The van der Waals surface area contributed by atoms with Crippen LogP contribution in [0.5, 0.6) is 5.88 Å². The third kappa shape index (κ3) is 5.21. The minimum atomic E-state index is -4.46. The molecule has 1 aliphatic carbocycles. The Morgan fingerprint density at radius 1 is 1.05 bits per heavy atom. The van der Waals surface area contributed by atoms with E-state index in [1.807, 2.05) is 0 Å². The van der Waals surface area contributed by atoms with E-state index < -0.39 is 26.6 Å². The molecular weight excluding hydrogens is 544 g/mol. The lowest BCUT2D eigenvalue weighted by Crippen LogP contribution is -2.31. The van der Waals surface area contributed by atoms with Gasteiger partial charge in [-0.2, -0.15) is 0 Å². The predicted molar refractivity (Wildman–Crippen MR) is 146 cm³/mol. The third-order valence-corrected chi connectivity index (χ3v) is 8.36. The normalized spacial score (nSPS) is 17.5. The monoisotopic (exact) mass is 571 g/mol. The van der Waals surface area contributed by atoms with Crippen molar-refractivity contribution in [3.63, 3.8) is 0 Å². The lowest BCUT2D eigenvalue weighted by molar-refractivity contribution is 0.110. The van der Waals surface area contributed by atoms with Gasteiger partial charge in [-0.25, -0.2) is 27.2 Å². The number of pyridine rings is 1. The lowest BCUT2D eigenvalue weighted by atomic mass is 9.93. The first-order valence-electron chi connectivity index (χ1n) is 12.6. The molecule has 0 atom stereocenters. The van der Waals surface area contributed by atoms with Crippen molar-refractivity contribution in [3.8, 4) is 17.0 Å². The molecule has 3 N–H and O–H groups in total. The van der Waals surface area contributed by atoms with Crippen molar-refractivity contribution in [2.45, 2.75) is 42.7 Å². The molecule has 2 aromatic carbocycles. The number of nitrogens with zero attached hydrogens (tertiary/aromatic N) is 3. The van der Waals surface area contributed by atoms with E-state index in [4.69, 9.17) is 4.74 Å². The van der Waals surface area contributed by atoms with Gasteiger partial charge in [0.05, 0.1) is 24.1 Å². The molecule has 0 unspecified atom stereocenters. The van der Waals surface area contributed by atoms with Gasteiger partial charge in [0.1, 0.15) is 22.2 Å². The Kier molecular flexibility index (Phi) is 7.43. The van der Waals surface area contributed by atoms with E-state index in [1.165, 1.54) is 19.4 Å². The summed E-state index contributed by atoms with van der Waals surface area (Å²) < 4.78 is 62.5. The van der Waals surface area contributed by atoms with E-state index in [1.54, 1.807) is 29.8 Å². The zero-order valence-electron chi connectivity index (χ0n) is 21.7. The van der Waals surface area contributed by atoms with Crippen molar-refractivity contribution in [1.82, 2.24) is 14.5 Å². The van der Waals surface area contributed by atoms with Crippen molar-refractivity contribution in [1.29, 1.82) is 0 Å². The Morgan fingerprint density at radius 3 is 2.48 bits per heavy atom. The summed E-state index contributed by atoms with van der Waals surface area (Å²) >= 11 is 0. The molecule has 0 bridgehead atoms. The summed E-state index contributed by atoms with van der Waals surface area (Å²) in [5.41, 5.74) is 1.15. The molecule has 5 rings (SSSR count). The topological polar surface area (TPSA) is 135 Å². The Labute approximate surface area is 228 Å². The number of methoxy groups -OCH3 is 1. The zero-order valence-corrected chi connectivity index (χ0v) is 22.5. The van der Waals surface area contributed by atoms with E-state index in [2.05, 4.69) is 20.0 Å². The van der Waals surface area contributed by atoms with E-state index in [9.17, 15) is 27.1 Å². The summed E-state index contributed by atoms with van der Waals surface area (Å²) in [6, 6.07) is 8.53. The maximum atomic E-state index is 14.2. The molecule has 0 radical (unpaired) electrons. The van der Waals surface area contributed by atoms with Gasteiger partial charge in [0, 0.05) is 30.9 Å². The summed E-state index contributed by atoms with van der Waals surface area (Å²) in [6.45, 7) is 0. The molecule has 0 aliphatic heterocycles. The molecule has 4 aromatic rings. The van der Waals surface area contributed by atoms with Crippen molar-refractivity contribution >= 4 is 32.6 Å². The molecule has 13 heteroatoms. The Morgan fingerprint density at radius 2 is 1.80 bits per heavy atom. The summed E-state index contributed by atoms with van der Waals surface area (Å²) in [6.07, 6.45) is 3.55. The van der Waals surface area contributed by atoms with Gasteiger partial charge in [-0.1, -0.05) is 6.07 Å². The second kappa shape index (κ2) is 10.8. The van der Waals surface area contributed by atoms with Gasteiger partial charge in [-0.15, -0.1) is 0 Å². The van der Waals surface area contributed by atoms with E-state index in [-0.39, 0.29) is 29.3 Å². The van der Waals surface area contributed by atoms with Crippen molar-refractivity contribution < 1.29 is 27.0 Å². The molecule has 1 saturated carbocycles. The van der Waals surface area contributed by atoms with Crippen LogP contribution < -0.4 is 20.3 Å². The SMILES string of the molecule is CNc1nc2ccc(-c3cnc(OC)c(NS(=O)(=O)c4ccc(F)cc4F)c3)cc2c(=O)n1C1CCC(O)CC1. The van der Waals surface area contributed by atoms with Crippen LogP contribution in [0.3, 0.4) is 0 Å². The average molecular weight is 572 g/mol. The molecule has 0 amide bonds. The van der Waals surface area contributed by atoms with Crippen LogP contribution in [-0.4, -0.2) is 48.3 Å². The van der Waals surface area contributed by atoms with Gasteiger partial charge in [0.15, 0.2) is 0 Å². The summed E-state index contributed by atoms with van der Waals surface area (Å²) in [5.74, 6) is -1.80. The van der Waals surface area contributed by atoms with Crippen LogP contribution in [0.2, 0.25) is 0 Å². The average Bonchev–Trinajstić information content (AvgIpc) is 2.93. The number of ether oxygens (including phenoxy) is 1. The van der Waals surface area contributed by atoms with Crippen LogP contribution >= 0.6 is 0 Å². The van der Waals surface area contributed by atoms with Crippen molar-refractivity contribution in [3.05, 3.63) is 70.6 Å². The lowest BCUT2D eigenvalue weighted by Gasteiger charge is -2.28. The number of nitrogens with one attached hydrogen (secondary N) is 2. The highest BCUT2D eigenvalue weighted by atomic mass is 32.2. The molecular formula is C27H27F2N5O5S. The number of rotatable bonds is 7. The van der Waals surface area contributed by atoms with Gasteiger partial charge >= 0.3 is 0 Å². The Bertz CT molecular complexity index is 1750. The second-order valence-corrected chi connectivity index (χ2v) is 11.2. The molecule has 0 saturated heterocycles. The summed E-state index contributed by atoms with van der Waals surface area (Å²) in [7, 11) is -1.47. The van der Waals surface area contributed by atoms with Crippen LogP contribution in [0.4, 0.5) is 20.4 Å². The Balaban J connectivity index is 1.56. The minimum absolute atomic E-state index is 0.0715. The number of hydrogen-bond donors (Lipinski definition) is 3. The van der Waals surface area contributed by atoms with Crippen LogP contribution in [-0.2, 0) is 10.0 Å². The minimum Gasteiger partial charge on any atom is -0.480 e. The molecule has 1 fully saturated rings. The highest BCUT2D eigenvalue weighted by Crippen LogP contribution is 2.33. The molecule has 210 valence electrons. The zero-order chi connectivity index (χ0) is 28.6. The third-order valence-electron chi connectivity index (χ3n) is 6.96. The summed E-state index contributed by atoms with van der Waals surface area (Å²) in [5, 5.41) is 13.3. The number of fused-ring (bicyclic) bond motifs is 1. The number of halogens is 2. The first-order valence-corrected chi connectivity index (χ1v) is 14.0. The van der Waals surface area contributed by atoms with E-state index in [0.29, 0.717) is 59.7 Å². The Hall–Kier alpha value is -4.10. The van der Waals surface area contributed by atoms with Crippen LogP contribution in [0.1, 0.15) is 31.7 Å². The second-order valence-electron chi connectivity index (χ2n) is 9.52. The first kappa shape index (κ1) is 27.5. The van der Waals surface area contributed by atoms with Crippen molar-refractivity contribution in [2.24, 2.45) is 0 Å². The number of sulfonamides is 1. The smallest absolute Gasteiger partial charge is 0.264 e. The number of aromatic nitrogens is 3. The number of hydrogen-bond acceptors (Lipinski definition) is 8. The van der Waals surface area contributed by atoms with Gasteiger partial charge in [0.2, 0.25) is 11.8 Å². The van der Waals surface area contributed by atoms with E-state index in [0.717, 1.165) is 12.1 Å². The maximum Gasteiger partial charge on any atom is 0.264 e. The summed E-state index contributed by atoms with van der Waals surface area (Å²) in [4.78, 5) is 21.7. The molecule has 2 heterocycles. The number of benzene rings is 2. The highest BCUT2D eigenvalue weighted by Gasteiger charge is 2.25. The van der Waals surface area contributed by atoms with E-state index >= 15 is 0 Å². The molecule has 2 aromatic heterocycles. The van der Waals surface area contributed by atoms with Crippen molar-refractivity contribution in [2.75, 3.05) is 24.2 Å². The highest BCUT2D eigenvalue weighted by molar-refractivity contribution is 7.92. The first-order chi connectivity index (χ1) is 19.1. The molecule has 40 heavy (non-hydrogen) atoms. The maximum absolute atomic E-state index is 14.2. The fraction of sp³-hybridized carbons (Fsp3) is 0.296. The van der Waals surface area contributed by atoms with Crippen LogP contribution in [0.15, 0.2) is 58.4 Å². The predicted octanol–water partition coefficient (Wildman–Crippen LogP) is 4.06. The fourth-order valence-corrected chi connectivity index (χ4v) is 6.06. The van der Waals surface area contributed by atoms with Crippen LogP contribution in [0.25, 0.3) is 22.0 Å². The number of aliphatic hydroxyl groups is 1. The van der Waals surface area contributed by atoms with Crippen LogP contribution in [0, 0.1) is 11.6 Å². The molecule has 10 nitrogen and oxygen atoms in total. The fourth-order valence-electron chi connectivity index (χ4n) is 4.95. The number of aliphatic hydroxyl groups excluding tert-OH is 1. The molecule has 1 aliphatic rings.